The molecule has 174 valence electrons. The second kappa shape index (κ2) is 8.95. The summed E-state index contributed by atoms with van der Waals surface area (Å²) in [6.07, 6.45) is 1.14. The molecule has 34 heavy (non-hydrogen) atoms. The maximum atomic E-state index is 13.7. The van der Waals surface area contributed by atoms with Gasteiger partial charge in [0.25, 0.3) is 0 Å². The Hall–Kier alpha value is -3.06. The number of hydrogen-bond donors (Lipinski definition) is 3. The Morgan fingerprint density at radius 1 is 1.12 bits per heavy atom. The van der Waals surface area contributed by atoms with Crippen molar-refractivity contribution in [2.24, 2.45) is 5.92 Å². The summed E-state index contributed by atoms with van der Waals surface area (Å²) in [4.78, 5) is 27.2. The van der Waals surface area contributed by atoms with Crippen LogP contribution in [0.4, 0.5) is 11.4 Å². The van der Waals surface area contributed by atoms with Gasteiger partial charge in [0.15, 0.2) is 0 Å². The fourth-order valence-corrected chi connectivity index (χ4v) is 5.47. The first-order valence-electron chi connectivity index (χ1n) is 11.0. The number of nitrogens with one attached hydrogen (secondary N) is 3. The lowest BCUT2D eigenvalue weighted by Gasteiger charge is -2.29. The minimum atomic E-state index is -1.24. The van der Waals surface area contributed by atoms with Crippen molar-refractivity contribution in [2.45, 2.75) is 24.4 Å². The Kier molecular flexibility index (Phi) is 5.98. The molecule has 3 aromatic rings. The summed E-state index contributed by atoms with van der Waals surface area (Å²) in [7, 11) is 1.52. The number of rotatable bonds is 5. The molecule has 1 fully saturated rings. The van der Waals surface area contributed by atoms with Gasteiger partial charge < -0.3 is 15.4 Å². The first-order chi connectivity index (χ1) is 16.4. The maximum Gasteiger partial charge on any atom is 0.250 e. The average molecular weight is 496 g/mol. The molecular formula is C26H23Cl2N3O3. The van der Waals surface area contributed by atoms with Crippen LogP contribution >= 0.6 is 23.2 Å². The highest BCUT2D eigenvalue weighted by Crippen LogP contribution is 2.49. The molecule has 6 nitrogen and oxygen atoms in total. The number of amides is 2. The number of halogens is 2. The van der Waals surface area contributed by atoms with E-state index in [1.807, 2.05) is 36.4 Å². The normalized spacial score (nSPS) is 23.0. The van der Waals surface area contributed by atoms with E-state index < -0.39 is 11.5 Å². The van der Waals surface area contributed by atoms with Crippen molar-refractivity contribution >= 4 is 46.4 Å². The number of hydrogen-bond acceptors (Lipinski definition) is 4. The summed E-state index contributed by atoms with van der Waals surface area (Å²) in [6.45, 7) is 0. The van der Waals surface area contributed by atoms with Crippen LogP contribution in [-0.4, -0.2) is 25.0 Å². The van der Waals surface area contributed by atoms with Gasteiger partial charge in [-0.05, 0) is 42.7 Å². The predicted octanol–water partition coefficient (Wildman–Crippen LogP) is 5.01. The minimum Gasteiger partial charge on any atom is -0.495 e. The number of carbonyl (C=O) groups is 2. The molecule has 8 heteroatoms. The zero-order valence-electron chi connectivity index (χ0n) is 18.4. The van der Waals surface area contributed by atoms with Crippen molar-refractivity contribution in [3.63, 3.8) is 0 Å². The van der Waals surface area contributed by atoms with Crippen molar-refractivity contribution in [1.82, 2.24) is 5.32 Å². The van der Waals surface area contributed by atoms with Gasteiger partial charge in [0.2, 0.25) is 11.8 Å². The van der Waals surface area contributed by atoms with Gasteiger partial charge in [-0.3, -0.25) is 14.9 Å². The molecule has 3 N–H and O–H groups in total. The number of fused-ring (bicyclic) bond motifs is 2. The zero-order valence-corrected chi connectivity index (χ0v) is 19.9. The van der Waals surface area contributed by atoms with Gasteiger partial charge in [-0.15, -0.1) is 0 Å². The summed E-state index contributed by atoms with van der Waals surface area (Å²) in [5, 5.41) is 10.3. The highest BCUT2D eigenvalue weighted by molar-refractivity contribution is 6.35. The van der Waals surface area contributed by atoms with E-state index in [1.165, 1.54) is 7.11 Å². The first kappa shape index (κ1) is 22.7. The van der Waals surface area contributed by atoms with E-state index >= 15 is 0 Å². The molecule has 3 unspecified atom stereocenters. The van der Waals surface area contributed by atoms with Gasteiger partial charge in [-0.25, -0.2) is 0 Å². The van der Waals surface area contributed by atoms with E-state index in [0.29, 0.717) is 45.6 Å². The fraction of sp³-hybridized carbons (Fsp3) is 0.231. The van der Waals surface area contributed by atoms with Crippen LogP contribution < -0.4 is 20.7 Å². The summed E-state index contributed by atoms with van der Waals surface area (Å²) >= 11 is 12.6. The third-order valence-corrected chi connectivity index (χ3v) is 7.12. The van der Waals surface area contributed by atoms with Crippen molar-refractivity contribution in [3.05, 3.63) is 87.9 Å². The van der Waals surface area contributed by atoms with Crippen LogP contribution in [0.1, 0.15) is 17.5 Å². The maximum absolute atomic E-state index is 13.7. The highest BCUT2D eigenvalue weighted by Gasteiger charge is 2.60. The van der Waals surface area contributed by atoms with Crippen LogP contribution in [-0.2, 0) is 21.5 Å². The van der Waals surface area contributed by atoms with Gasteiger partial charge in [0.05, 0.1) is 29.4 Å². The quantitative estimate of drug-likeness (QED) is 0.464. The number of ether oxygens (including phenoxy) is 1. The third kappa shape index (κ3) is 3.82. The second-order valence-electron chi connectivity index (χ2n) is 8.58. The molecule has 0 saturated carbocycles. The van der Waals surface area contributed by atoms with Crippen molar-refractivity contribution in [1.29, 1.82) is 0 Å². The number of benzene rings is 3. The Bertz CT molecular complexity index is 1270. The molecule has 2 aliphatic rings. The zero-order chi connectivity index (χ0) is 23.9. The fourth-order valence-electron chi connectivity index (χ4n) is 5.08. The second-order valence-corrected chi connectivity index (χ2v) is 9.42. The van der Waals surface area contributed by atoms with Gasteiger partial charge in [-0.1, -0.05) is 65.7 Å². The van der Waals surface area contributed by atoms with Crippen molar-refractivity contribution in [2.75, 3.05) is 17.7 Å². The standard InChI is InChI=1S/C26H23Cl2N3O3/c1-34-22-11-10-16(27)13-21(22)29-24(32)19-14-17(12-15-6-3-2-4-7-15)31-26(19)18-8-5-9-20(28)23(18)30-25(26)33/h2-11,13,17,19,31H,12,14H2,1H3,(H,29,32)(H,30,33). The Labute approximate surface area is 207 Å². The largest absolute Gasteiger partial charge is 0.495 e. The molecule has 5 rings (SSSR count). The molecule has 1 spiro atoms. The Morgan fingerprint density at radius 3 is 2.68 bits per heavy atom. The monoisotopic (exact) mass is 495 g/mol. The Morgan fingerprint density at radius 2 is 1.91 bits per heavy atom. The summed E-state index contributed by atoms with van der Waals surface area (Å²) < 4.78 is 5.39. The van der Waals surface area contributed by atoms with E-state index in [-0.39, 0.29) is 17.9 Å². The predicted molar refractivity (Wildman–Crippen MR) is 134 cm³/mol. The molecule has 2 heterocycles. The molecule has 0 aromatic heterocycles. The number of para-hydroxylation sites is 1. The SMILES string of the molecule is COc1ccc(Cl)cc1NC(=O)C1CC(Cc2ccccc2)NC12C(=O)Nc1c(Cl)cccc12. The molecular weight excluding hydrogens is 473 g/mol. The van der Waals surface area contributed by atoms with Crippen molar-refractivity contribution in [3.8, 4) is 5.75 Å². The topological polar surface area (TPSA) is 79.5 Å². The van der Waals surface area contributed by atoms with Gasteiger partial charge in [0.1, 0.15) is 11.3 Å². The number of methoxy groups -OCH3 is 1. The average Bonchev–Trinajstić information content (AvgIpc) is 3.34. The lowest BCUT2D eigenvalue weighted by atomic mass is 9.79. The first-order valence-corrected chi connectivity index (χ1v) is 11.7. The van der Waals surface area contributed by atoms with E-state index in [2.05, 4.69) is 16.0 Å². The van der Waals surface area contributed by atoms with Crippen LogP contribution in [0.5, 0.6) is 5.75 Å². The molecule has 0 bridgehead atoms. The van der Waals surface area contributed by atoms with Crippen LogP contribution in [0.25, 0.3) is 0 Å². The molecule has 0 aliphatic carbocycles. The smallest absolute Gasteiger partial charge is 0.250 e. The van der Waals surface area contributed by atoms with Crippen LogP contribution in [0.15, 0.2) is 66.7 Å². The molecule has 1 saturated heterocycles. The molecule has 2 amide bonds. The van der Waals surface area contributed by atoms with Gasteiger partial charge >= 0.3 is 0 Å². The summed E-state index contributed by atoms with van der Waals surface area (Å²) in [5.41, 5.74) is 1.55. The number of carbonyl (C=O) groups excluding carboxylic acids is 2. The summed E-state index contributed by atoms with van der Waals surface area (Å²) in [6, 6.07) is 20.3. The van der Waals surface area contributed by atoms with Gasteiger partial charge in [-0.2, -0.15) is 0 Å². The van der Waals surface area contributed by atoms with E-state index in [1.54, 1.807) is 30.3 Å². The lowest BCUT2D eigenvalue weighted by Crippen LogP contribution is -2.52. The molecule has 3 atom stereocenters. The van der Waals surface area contributed by atoms with Crippen LogP contribution in [0, 0.1) is 5.92 Å². The minimum absolute atomic E-state index is 0.102. The molecule has 3 aromatic carbocycles. The lowest BCUT2D eigenvalue weighted by molar-refractivity contribution is -0.130. The van der Waals surface area contributed by atoms with Crippen LogP contribution in [0.2, 0.25) is 10.0 Å². The Balaban J connectivity index is 1.54. The van der Waals surface area contributed by atoms with E-state index in [4.69, 9.17) is 27.9 Å². The van der Waals surface area contributed by atoms with Crippen molar-refractivity contribution < 1.29 is 14.3 Å². The van der Waals surface area contributed by atoms with Crippen LogP contribution in [0.3, 0.4) is 0 Å². The highest BCUT2D eigenvalue weighted by atomic mass is 35.5. The van der Waals surface area contributed by atoms with Gasteiger partial charge in [0, 0.05) is 16.6 Å². The van der Waals surface area contributed by atoms with E-state index in [0.717, 1.165) is 5.56 Å². The molecule has 0 radical (unpaired) electrons. The number of anilines is 2. The summed E-state index contributed by atoms with van der Waals surface area (Å²) in [5.74, 6) is -0.793. The molecule has 2 aliphatic heterocycles. The van der Waals surface area contributed by atoms with E-state index in [9.17, 15) is 9.59 Å². The third-order valence-electron chi connectivity index (χ3n) is 6.57.